The number of hydrogen-bond acceptors (Lipinski definition) is 7. The van der Waals surface area contributed by atoms with Crippen LogP contribution in [0.5, 0.6) is 5.75 Å². The maximum atomic E-state index is 12.5. The summed E-state index contributed by atoms with van der Waals surface area (Å²) in [6.45, 7) is 3.58. The molecule has 2 aromatic carbocycles. The van der Waals surface area contributed by atoms with Crippen LogP contribution in [0.3, 0.4) is 0 Å². The van der Waals surface area contributed by atoms with E-state index in [2.05, 4.69) is 5.10 Å². The molecule has 2 heterocycles. The minimum atomic E-state index is -0.564. The monoisotopic (exact) mass is 419 g/mol. The van der Waals surface area contributed by atoms with Crippen molar-refractivity contribution < 1.29 is 18.9 Å². The first-order chi connectivity index (χ1) is 14.8. The molecular formula is C22H17N3O6. The van der Waals surface area contributed by atoms with Gasteiger partial charge in [-0.3, -0.25) is 14.8 Å². The molecule has 0 N–H and O–H groups in total. The molecule has 0 fully saturated rings. The predicted octanol–water partition coefficient (Wildman–Crippen LogP) is 3.78. The lowest BCUT2D eigenvalue weighted by atomic mass is 10.1. The number of hydrogen-bond donors (Lipinski definition) is 0. The number of esters is 1. The van der Waals surface area contributed by atoms with E-state index in [-0.39, 0.29) is 11.4 Å². The van der Waals surface area contributed by atoms with Gasteiger partial charge in [-0.15, -0.1) is 0 Å². The van der Waals surface area contributed by atoms with Gasteiger partial charge in [0.2, 0.25) is 0 Å². The zero-order valence-corrected chi connectivity index (χ0v) is 16.7. The Morgan fingerprint density at radius 2 is 1.84 bits per heavy atom. The van der Waals surface area contributed by atoms with Gasteiger partial charge in [0.1, 0.15) is 22.7 Å². The Morgan fingerprint density at radius 3 is 2.52 bits per heavy atom. The number of nitrogens with zero attached hydrogens (tertiary/aromatic N) is 3. The number of nitro groups is 1. The first-order valence-corrected chi connectivity index (χ1v) is 9.35. The van der Waals surface area contributed by atoms with Crippen molar-refractivity contribution in [3.63, 3.8) is 0 Å². The fraction of sp³-hybridized carbons (Fsp3) is 0.136. The molecule has 2 aromatic heterocycles. The molecule has 0 saturated heterocycles. The Labute approximate surface area is 175 Å². The molecule has 0 atom stereocenters. The summed E-state index contributed by atoms with van der Waals surface area (Å²) in [5.41, 5.74) is 1.82. The van der Waals surface area contributed by atoms with Gasteiger partial charge < -0.3 is 9.15 Å². The lowest BCUT2D eigenvalue weighted by molar-refractivity contribution is -0.386. The number of rotatable bonds is 5. The molecular weight excluding hydrogens is 402 g/mol. The van der Waals surface area contributed by atoms with Crippen LogP contribution in [0.2, 0.25) is 0 Å². The summed E-state index contributed by atoms with van der Waals surface area (Å²) in [5, 5.41) is 16.1. The van der Waals surface area contributed by atoms with Crippen LogP contribution < -0.4 is 10.4 Å². The van der Waals surface area contributed by atoms with Crippen molar-refractivity contribution in [3.8, 4) is 5.75 Å². The molecule has 0 aliphatic heterocycles. The van der Waals surface area contributed by atoms with E-state index in [0.29, 0.717) is 34.5 Å². The Balaban J connectivity index is 1.49. The number of aromatic nitrogens is 2. The lowest BCUT2D eigenvalue weighted by Crippen LogP contribution is -2.09. The van der Waals surface area contributed by atoms with E-state index in [4.69, 9.17) is 9.15 Å². The smallest absolute Gasteiger partial charge is 0.343 e. The van der Waals surface area contributed by atoms with Crippen molar-refractivity contribution in [1.82, 2.24) is 9.78 Å². The molecule has 4 rings (SSSR count). The quantitative estimate of drug-likeness (QED) is 0.159. The Morgan fingerprint density at radius 1 is 1.13 bits per heavy atom. The molecule has 156 valence electrons. The maximum Gasteiger partial charge on any atom is 0.343 e. The lowest BCUT2D eigenvalue weighted by Gasteiger charge is -2.07. The van der Waals surface area contributed by atoms with Gasteiger partial charge in [0.25, 0.3) is 0 Å². The number of benzene rings is 2. The standard InChI is InChI=1S/C22H17N3O6/c1-13-21(25(28)29)14(2)24(23-13)12-15-3-5-17(6-4-15)22(27)30-18-9-7-16-8-10-20(26)31-19(16)11-18/h3-11H,12H2,1-2H3. The van der Waals surface area contributed by atoms with Gasteiger partial charge in [0.05, 0.1) is 17.0 Å². The van der Waals surface area contributed by atoms with E-state index in [0.717, 1.165) is 5.56 Å². The summed E-state index contributed by atoms with van der Waals surface area (Å²) in [7, 11) is 0. The molecule has 0 amide bonds. The first-order valence-electron chi connectivity index (χ1n) is 9.35. The fourth-order valence-electron chi connectivity index (χ4n) is 3.30. The van der Waals surface area contributed by atoms with Crippen molar-refractivity contribution in [1.29, 1.82) is 0 Å². The molecule has 0 spiro atoms. The van der Waals surface area contributed by atoms with Gasteiger partial charge in [-0.1, -0.05) is 12.1 Å². The molecule has 0 aliphatic rings. The van der Waals surface area contributed by atoms with Gasteiger partial charge in [-0.05, 0) is 49.7 Å². The third-order valence-electron chi connectivity index (χ3n) is 4.85. The van der Waals surface area contributed by atoms with E-state index in [1.54, 1.807) is 61.0 Å². The number of fused-ring (bicyclic) bond motifs is 1. The second kappa shape index (κ2) is 7.86. The molecule has 9 nitrogen and oxygen atoms in total. The molecule has 0 bridgehead atoms. The third-order valence-corrected chi connectivity index (χ3v) is 4.85. The van der Waals surface area contributed by atoms with Crippen molar-refractivity contribution >= 4 is 22.6 Å². The molecule has 31 heavy (non-hydrogen) atoms. The third kappa shape index (κ3) is 4.06. The molecule has 0 unspecified atom stereocenters. The summed E-state index contributed by atoms with van der Waals surface area (Å²) in [6, 6.07) is 14.4. The van der Waals surface area contributed by atoms with Crippen LogP contribution in [0.25, 0.3) is 11.0 Å². The van der Waals surface area contributed by atoms with Gasteiger partial charge in [-0.2, -0.15) is 5.10 Å². The average Bonchev–Trinajstić information content (AvgIpc) is 3.01. The number of aryl methyl sites for hydroxylation is 1. The summed E-state index contributed by atoms with van der Waals surface area (Å²) < 4.78 is 12.0. The highest BCUT2D eigenvalue weighted by molar-refractivity contribution is 5.91. The van der Waals surface area contributed by atoms with Crippen LogP contribution in [-0.2, 0) is 6.54 Å². The summed E-state index contributed by atoms with van der Waals surface area (Å²) in [6.07, 6.45) is 0. The van der Waals surface area contributed by atoms with E-state index < -0.39 is 16.5 Å². The molecule has 9 heteroatoms. The van der Waals surface area contributed by atoms with Gasteiger partial charge in [0.15, 0.2) is 0 Å². The topological polar surface area (TPSA) is 117 Å². The normalized spacial score (nSPS) is 10.9. The van der Waals surface area contributed by atoms with E-state index in [1.807, 2.05) is 0 Å². The Kier molecular flexibility index (Phi) is 5.08. The van der Waals surface area contributed by atoms with Gasteiger partial charge in [0, 0.05) is 17.5 Å². The number of carbonyl (C=O) groups excluding carboxylic acids is 1. The number of carbonyl (C=O) groups is 1. The van der Waals surface area contributed by atoms with Crippen molar-refractivity contribution in [2.45, 2.75) is 20.4 Å². The van der Waals surface area contributed by atoms with Crippen molar-refractivity contribution in [2.75, 3.05) is 0 Å². The first kappa shape index (κ1) is 20.0. The minimum Gasteiger partial charge on any atom is -0.423 e. The minimum absolute atomic E-state index is 0.00594. The van der Waals surface area contributed by atoms with Crippen molar-refractivity contribution in [2.24, 2.45) is 0 Å². The van der Waals surface area contributed by atoms with E-state index in [9.17, 15) is 19.7 Å². The van der Waals surface area contributed by atoms with Crippen LogP contribution in [0.4, 0.5) is 5.69 Å². The maximum absolute atomic E-state index is 12.5. The largest absolute Gasteiger partial charge is 0.423 e. The summed E-state index contributed by atoms with van der Waals surface area (Å²) in [5.74, 6) is -0.309. The molecule has 0 saturated carbocycles. The van der Waals surface area contributed by atoms with Crippen LogP contribution in [0.15, 0.2) is 63.8 Å². The number of ether oxygens (including phenoxy) is 1. The Hall–Kier alpha value is -4.27. The van der Waals surface area contributed by atoms with Gasteiger partial charge >= 0.3 is 17.3 Å². The van der Waals surface area contributed by atoms with Crippen LogP contribution in [0.1, 0.15) is 27.3 Å². The highest BCUT2D eigenvalue weighted by Crippen LogP contribution is 2.23. The van der Waals surface area contributed by atoms with Crippen LogP contribution in [0, 0.1) is 24.0 Å². The average molecular weight is 419 g/mol. The predicted molar refractivity (Wildman–Crippen MR) is 111 cm³/mol. The van der Waals surface area contributed by atoms with Crippen LogP contribution in [-0.4, -0.2) is 20.7 Å². The van der Waals surface area contributed by atoms with Crippen LogP contribution >= 0.6 is 0 Å². The second-order valence-electron chi connectivity index (χ2n) is 6.97. The highest BCUT2D eigenvalue weighted by Gasteiger charge is 2.21. The van der Waals surface area contributed by atoms with E-state index >= 15 is 0 Å². The molecule has 4 aromatic rings. The molecule has 0 aliphatic carbocycles. The highest BCUT2D eigenvalue weighted by atomic mass is 16.6. The summed E-state index contributed by atoms with van der Waals surface area (Å²) in [4.78, 5) is 34.5. The zero-order chi connectivity index (χ0) is 22.1. The Bertz CT molecular complexity index is 1370. The second-order valence-corrected chi connectivity index (χ2v) is 6.97. The zero-order valence-electron chi connectivity index (χ0n) is 16.7. The fourth-order valence-corrected chi connectivity index (χ4v) is 3.30. The SMILES string of the molecule is Cc1nn(Cc2ccc(C(=O)Oc3ccc4ccc(=O)oc4c3)cc2)c(C)c1[N+](=O)[O-]. The van der Waals surface area contributed by atoms with Gasteiger partial charge in [-0.25, -0.2) is 9.59 Å². The van der Waals surface area contributed by atoms with E-state index in [1.165, 1.54) is 12.1 Å². The molecule has 0 radical (unpaired) electrons. The summed E-state index contributed by atoms with van der Waals surface area (Å²) >= 11 is 0. The van der Waals surface area contributed by atoms with Crippen molar-refractivity contribution in [3.05, 3.63) is 97.6 Å².